The molecule has 0 bridgehead atoms. The Morgan fingerprint density at radius 1 is 1.10 bits per heavy atom. The molecule has 3 heterocycles. The van der Waals surface area contributed by atoms with Gasteiger partial charge in [-0.15, -0.1) is 0 Å². The third-order valence-electron chi connectivity index (χ3n) is 4.49. The first kappa shape index (κ1) is 17.4. The predicted octanol–water partition coefficient (Wildman–Crippen LogP) is 2.37. The van der Waals surface area contributed by atoms with Crippen LogP contribution in [-0.4, -0.2) is 32.2 Å². The summed E-state index contributed by atoms with van der Waals surface area (Å²) in [4.78, 5) is 36.2. The molecule has 0 atom stereocenters. The SMILES string of the molecule is NC(=O)c1nc(-c2ccc(Br)cc2)nc2c1[nH]c(=O)n2-c1ccc2c(c1)OCO2. The Balaban J connectivity index is 1.79. The highest BCUT2D eigenvalue weighted by molar-refractivity contribution is 9.10. The number of aromatic nitrogens is 4. The lowest BCUT2D eigenvalue weighted by molar-refractivity contribution is 0.0997. The number of H-pyrrole nitrogens is 1. The minimum absolute atomic E-state index is 0.0653. The Morgan fingerprint density at radius 2 is 1.86 bits per heavy atom. The standard InChI is InChI=1S/C19H12BrN5O4/c20-10-3-1-9(2-4-10)17-22-14(16(21)26)15-18(24-17)25(19(27)23-15)11-5-6-12-13(7-11)29-8-28-12/h1-7H,8H2,(H2,21,26)(H,23,27). The second kappa shape index (κ2) is 6.45. The molecule has 0 fully saturated rings. The van der Waals surface area contributed by atoms with Gasteiger partial charge < -0.3 is 20.2 Å². The minimum Gasteiger partial charge on any atom is -0.454 e. The number of fused-ring (bicyclic) bond motifs is 2. The van der Waals surface area contributed by atoms with Crippen LogP contribution in [-0.2, 0) is 0 Å². The Kier molecular flexibility index (Phi) is 3.88. The second-order valence-electron chi connectivity index (χ2n) is 6.27. The number of nitrogens with two attached hydrogens (primary N) is 1. The average molecular weight is 454 g/mol. The van der Waals surface area contributed by atoms with E-state index in [0.29, 0.717) is 22.7 Å². The average Bonchev–Trinajstić information content (AvgIpc) is 3.30. The van der Waals surface area contributed by atoms with Gasteiger partial charge in [0.05, 0.1) is 5.69 Å². The summed E-state index contributed by atoms with van der Waals surface area (Å²) >= 11 is 3.38. The number of hydrogen-bond donors (Lipinski definition) is 2. The van der Waals surface area contributed by atoms with E-state index in [0.717, 1.165) is 4.47 Å². The molecule has 0 saturated carbocycles. The maximum Gasteiger partial charge on any atom is 0.332 e. The van der Waals surface area contributed by atoms with Gasteiger partial charge in [0.2, 0.25) is 6.79 Å². The number of nitrogens with one attached hydrogen (secondary N) is 1. The van der Waals surface area contributed by atoms with Crippen molar-refractivity contribution in [1.29, 1.82) is 0 Å². The summed E-state index contributed by atoms with van der Waals surface area (Å²) in [5.41, 5.74) is 6.54. The molecule has 9 nitrogen and oxygen atoms in total. The largest absolute Gasteiger partial charge is 0.454 e. The fourth-order valence-electron chi connectivity index (χ4n) is 3.16. The highest BCUT2D eigenvalue weighted by Crippen LogP contribution is 2.34. The third kappa shape index (κ3) is 2.85. The van der Waals surface area contributed by atoms with Crippen LogP contribution in [0.15, 0.2) is 51.7 Å². The molecule has 2 aromatic heterocycles. The van der Waals surface area contributed by atoms with Crippen molar-refractivity contribution in [2.24, 2.45) is 5.73 Å². The second-order valence-corrected chi connectivity index (χ2v) is 7.18. The van der Waals surface area contributed by atoms with Gasteiger partial charge in [0, 0.05) is 16.1 Å². The van der Waals surface area contributed by atoms with E-state index in [4.69, 9.17) is 15.2 Å². The molecule has 1 aliphatic heterocycles. The number of ether oxygens (including phenoxy) is 2. The Labute approximate surface area is 171 Å². The summed E-state index contributed by atoms with van der Waals surface area (Å²) in [5.74, 6) is 0.604. The fraction of sp³-hybridized carbons (Fsp3) is 0.0526. The Hall–Kier alpha value is -3.66. The molecule has 1 amide bonds. The van der Waals surface area contributed by atoms with Crippen LogP contribution in [0.25, 0.3) is 28.2 Å². The van der Waals surface area contributed by atoms with Crippen LogP contribution in [0.5, 0.6) is 11.5 Å². The molecule has 2 aromatic carbocycles. The van der Waals surface area contributed by atoms with Crippen LogP contribution in [0.4, 0.5) is 0 Å². The zero-order chi connectivity index (χ0) is 20.1. The first-order valence-corrected chi connectivity index (χ1v) is 9.29. The van der Waals surface area contributed by atoms with Gasteiger partial charge in [-0.3, -0.25) is 4.79 Å². The number of hydrogen-bond acceptors (Lipinski definition) is 6. The predicted molar refractivity (Wildman–Crippen MR) is 107 cm³/mol. The van der Waals surface area contributed by atoms with E-state index in [1.54, 1.807) is 30.3 Å². The van der Waals surface area contributed by atoms with Crippen molar-refractivity contribution in [2.75, 3.05) is 6.79 Å². The number of primary amides is 1. The number of halogens is 1. The number of benzene rings is 2. The number of carbonyl (C=O) groups is 1. The molecule has 0 saturated heterocycles. The lowest BCUT2D eigenvalue weighted by atomic mass is 10.2. The number of amides is 1. The van der Waals surface area contributed by atoms with E-state index in [-0.39, 0.29) is 29.5 Å². The maximum absolute atomic E-state index is 12.7. The summed E-state index contributed by atoms with van der Waals surface area (Å²) in [6, 6.07) is 12.3. The molecule has 10 heteroatoms. The molecule has 4 aromatic rings. The van der Waals surface area contributed by atoms with Crippen molar-refractivity contribution < 1.29 is 14.3 Å². The van der Waals surface area contributed by atoms with Crippen molar-refractivity contribution in [3.8, 4) is 28.6 Å². The van der Waals surface area contributed by atoms with Gasteiger partial charge in [-0.2, -0.15) is 0 Å². The zero-order valence-corrected chi connectivity index (χ0v) is 16.3. The van der Waals surface area contributed by atoms with Gasteiger partial charge in [-0.25, -0.2) is 19.3 Å². The first-order chi connectivity index (χ1) is 14.0. The van der Waals surface area contributed by atoms with Crippen molar-refractivity contribution >= 4 is 33.0 Å². The number of nitrogens with zero attached hydrogens (tertiary/aromatic N) is 3. The molecule has 0 unspecified atom stereocenters. The number of carbonyl (C=O) groups excluding carboxylic acids is 1. The molecular weight excluding hydrogens is 442 g/mol. The van der Waals surface area contributed by atoms with Crippen molar-refractivity contribution in [1.82, 2.24) is 19.5 Å². The van der Waals surface area contributed by atoms with Gasteiger partial charge >= 0.3 is 5.69 Å². The number of imidazole rings is 1. The van der Waals surface area contributed by atoms with Crippen molar-refractivity contribution in [3.63, 3.8) is 0 Å². The van der Waals surface area contributed by atoms with E-state index in [1.165, 1.54) is 4.57 Å². The zero-order valence-electron chi connectivity index (χ0n) is 14.7. The van der Waals surface area contributed by atoms with Crippen LogP contribution in [0, 0.1) is 0 Å². The molecule has 29 heavy (non-hydrogen) atoms. The molecule has 0 radical (unpaired) electrons. The van der Waals surface area contributed by atoms with E-state index >= 15 is 0 Å². The van der Waals surface area contributed by atoms with E-state index < -0.39 is 11.6 Å². The maximum atomic E-state index is 12.7. The van der Waals surface area contributed by atoms with Crippen LogP contribution in [0.1, 0.15) is 10.5 Å². The van der Waals surface area contributed by atoms with Crippen molar-refractivity contribution in [3.05, 3.63) is 63.1 Å². The summed E-state index contributed by atoms with van der Waals surface area (Å²) < 4.78 is 12.9. The Morgan fingerprint density at radius 3 is 2.62 bits per heavy atom. The molecule has 0 spiro atoms. The summed E-state index contributed by atoms with van der Waals surface area (Å²) in [7, 11) is 0. The fourth-order valence-corrected chi connectivity index (χ4v) is 3.42. The lowest BCUT2D eigenvalue weighted by Gasteiger charge is -2.07. The van der Waals surface area contributed by atoms with E-state index in [1.807, 2.05) is 12.1 Å². The lowest BCUT2D eigenvalue weighted by Crippen LogP contribution is -2.15. The van der Waals surface area contributed by atoms with Gasteiger partial charge in [0.25, 0.3) is 5.91 Å². The number of aromatic amines is 1. The number of rotatable bonds is 3. The van der Waals surface area contributed by atoms with Crippen LogP contribution >= 0.6 is 15.9 Å². The van der Waals surface area contributed by atoms with Gasteiger partial charge in [-0.05, 0) is 24.3 Å². The topological polar surface area (TPSA) is 125 Å². The van der Waals surface area contributed by atoms with Gasteiger partial charge in [0.15, 0.2) is 28.7 Å². The summed E-state index contributed by atoms with van der Waals surface area (Å²) in [5, 5.41) is 0. The van der Waals surface area contributed by atoms with Gasteiger partial charge in [-0.1, -0.05) is 28.1 Å². The summed E-state index contributed by atoms with van der Waals surface area (Å²) in [6.45, 7) is 0.114. The summed E-state index contributed by atoms with van der Waals surface area (Å²) in [6.07, 6.45) is 0. The smallest absolute Gasteiger partial charge is 0.332 e. The van der Waals surface area contributed by atoms with Crippen LogP contribution < -0.4 is 20.9 Å². The van der Waals surface area contributed by atoms with Crippen LogP contribution in [0.3, 0.4) is 0 Å². The highest BCUT2D eigenvalue weighted by atomic mass is 79.9. The molecule has 1 aliphatic rings. The molecule has 0 aliphatic carbocycles. The Bertz CT molecular complexity index is 1340. The van der Waals surface area contributed by atoms with E-state index in [9.17, 15) is 9.59 Å². The monoisotopic (exact) mass is 453 g/mol. The van der Waals surface area contributed by atoms with Gasteiger partial charge in [0.1, 0.15) is 5.52 Å². The van der Waals surface area contributed by atoms with E-state index in [2.05, 4.69) is 30.9 Å². The molecule has 144 valence electrons. The molecule has 5 rings (SSSR count). The minimum atomic E-state index is -0.769. The quantitative estimate of drug-likeness (QED) is 0.490. The highest BCUT2D eigenvalue weighted by Gasteiger charge is 2.22. The normalized spacial score (nSPS) is 12.4. The van der Waals surface area contributed by atoms with Crippen LogP contribution in [0.2, 0.25) is 0 Å². The van der Waals surface area contributed by atoms with Crippen molar-refractivity contribution in [2.45, 2.75) is 0 Å². The third-order valence-corrected chi connectivity index (χ3v) is 5.02. The first-order valence-electron chi connectivity index (χ1n) is 8.50. The molecule has 3 N–H and O–H groups in total. The molecular formula is C19H12BrN5O4.